The van der Waals surface area contributed by atoms with Crippen molar-refractivity contribution in [2.24, 2.45) is 0 Å². The Morgan fingerprint density at radius 1 is 1.50 bits per heavy atom. The molecule has 0 spiro atoms. The van der Waals surface area contributed by atoms with E-state index >= 15 is 0 Å². The van der Waals surface area contributed by atoms with Crippen molar-refractivity contribution in [2.45, 2.75) is 20.1 Å². The van der Waals surface area contributed by atoms with E-state index in [-0.39, 0.29) is 6.29 Å². The Bertz CT molecular complexity index is 93.6. The normalized spacial score (nSPS) is 14.3. The maximum Gasteiger partial charge on any atom is 0.155 e. The van der Waals surface area contributed by atoms with Crippen LogP contribution in [0.3, 0.4) is 0 Å². The second-order valence-corrected chi connectivity index (χ2v) is 2.44. The van der Waals surface area contributed by atoms with Gasteiger partial charge in [-0.3, -0.25) is 0 Å². The third-order valence-corrected chi connectivity index (χ3v) is 1.43. The number of rotatable bonds is 5. The first-order valence-electron chi connectivity index (χ1n) is 3.29. The molecule has 0 bridgehead atoms. The summed E-state index contributed by atoms with van der Waals surface area (Å²) in [6, 6.07) is 0. The standard InChI is InChI=1S/C7H13IO2/c1-3-9-7(2)10-6-4-5-8/h4-5,7H,3,6H2,1-2H3/b5-4-. The molecule has 0 aliphatic rings. The highest BCUT2D eigenvalue weighted by Crippen LogP contribution is 1.93. The monoisotopic (exact) mass is 256 g/mol. The van der Waals surface area contributed by atoms with Crippen LogP contribution in [0.5, 0.6) is 0 Å². The fourth-order valence-corrected chi connectivity index (χ4v) is 0.718. The van der Waals surface area contributed by atoms with Crippen LogP contribution >= 0.6 is 22.6 Å². The first-order valence-corrected chi connectivity index (χ1v) is 4.54. The quantitative estimate of drug-likeness (QED) is 0.555. The van der Waals surface area contributed by atoms with Crippen LogP contribution in [0.15, 0.2) is 10.2 Å². The predicted octanol–water partition coefficient (Wildman–Crippen LogP) is 2.33. The number of halogens is 1. The lowest BCUT2D eigenvalue weighted by molar-refractivity contribution is -0.118. The molecular weight excluding hydrogens is 243 g/mol. The molecule has 0 saturated carbocycles. The van der Waals surface area contributed by atoms with E-state index in [0.717, 1.165) is 0 Å². The second kappa shape index (κ2) is 7.50. The molecule has 0 radical (unpaired) electrons. The molecule has 10 heavy (non-hydrogen) atoms. The van der Waals surface area contributed by atoms with Crippen molar-refractivity contribution in [1.82, 2.24) is 0 Å². The predicted molar refractivity (Wildman–Crippen MR) is 50.2 cm³/mol. The van der Waals surface area contributed by atoms with Crippen LogP contribution in [0.4, 0.5) is 0 Å². The minimum atomic E-state index is -0.0856. The molecule has 0 rings (SSSR count). The van der Waals surface area contributed by atoms with E-state index in [0.29, 0.717) is 13.2 Å². The maximum absolute atomic E-state index is 5.21. The first-order chi connectivity index (χ1) is 4.81. The Hall–Kier alpha value is 0.390. The average molecular weight is 256 g/mol. The van der Waals surface area contributed by atoms with Gasteiger partial charge in [0.05, 0.1) is 6.61 Å². The smallest absolute Gasteiger partial charge is 0.155 e. The van der Waals surface area contributed by atoms with Gasteiger partial charge in [0.1, 0.15) is 0 Å². The SMILES string of the molecule is CCOC(C)OC/C=C\I. The van der Waals surface area contributed by atoms with Gasteiger partial charge in [0.2, 0.25) is 0 Å². The van der Waals surface area contributed by atoms with Crippen LogP contribution in [0.1, 0.15) is 13.8 Å². The summed E-state index contributed by atoms with van der Waals surface area (Å²) in [4.78, 5) is 0. The van der Waals surface area contributed by atoms with Crippen LogP contribution in [0.2, 0.25) is 0 Å². The van der Waals surface area contributed by atoms with Gasteiger partial charge in [-0.05, 0) is 17.9 Å². The Morgan fingerprint density at radius 3 is 2.70 bits per heavy atom. The van der Waals surface area contributed by atoms with Crippen molar-refractivity contribution in [3.8, 4) is 0 Å². The van der Waals surface area contributed by atoms with Crippen molar-refractivity contribution in [1.29, 1.82) is 0 Å². The van der Waals surface area contributed by atoms with Crippen LogP contribution in [-0.4, -0.2) is 19.5 Å². The molecule has 0 fully saturated rings. The van der Waals surface area contributed by atoms with E-state index in [1.165, 1.54) is 0 Å². The van der Waals surface area contributed by atoms with Crippen molar-refractivity contribution in [2.75, 3.05) is 13.2 Å². The van der Waals surface area contributed by atoms with E-state index < -0.39 is 0 Å². The summed E-state index contributed by atoms with van der Waals surface area (Å²) >= 11 is 2.15. The number of hydrogen-bond donors (Lipinski definition) is 0. The van der Waals surface area contributed by atoms with Crippen LogP contribution < -0.4 is 0 Å². The third-order valence-electron chi connectivity index (χ3n) is 0.918. The molecule has 3 heteroatoms. The lowest BCUT2D eigenvalue weighted by Crippen LogP contribution is -2.12. The summed E-state index contributed by atoms with van der Waals surface area (Å²) in [6.45, 7) is 5.18. The molecule has 60 valence electrons. The zero-order chi connectivity index (χ0) is 7.82. The fraction of sp³-hybridized carbons (Fsp3) is 0.714. The maximum atomic E-state index is 5.21. The van der Waals surface area contributed by atoms with Crippen molar-refractivity contribution >= 4 is 22.6 Å². The Morgan fingerprint density at radius 2 is 2.20 bits per heavy atom. The Balaban J connectivity index is 3.12. The molecule has 1 unspecified atom stereocenters. The van der Waals surface area contributed by atoms with Gasteiger partial charge in [-0.25, -0.2) is 0 Å². The summed E-state index contributed by atoms with van der Waals surface area (Å²) in [5.74, 6) is 0. The van der Waals surface area contributed by atoms with Gasteiger partial charge in [0.25, 0.3) is 0 Å². The fourth-order valence-electron chi connectivity index (χ4n) is 0.510. The largest absolute Gasteiger partial charge is 0.353 e. The van der Waals surface area contributed by atoms with E-state index in [1.54, 1.807) is 0 Å². The van der Waals surface area contributed by atoms with Crippen molar-refractivity contribution < 1.29 is 9.47 Å². The van der Waals surface area contributed by atoms with Crippen molar-refractivity contribution in [3.05, 3.63) is 10.2 Å². The van der Waals surface area contributed by atoms with E-state index in [1.807, 2.05) is 24.0 Å². The molecule has 2 nitrogen and oxygen atoms in total. The summed E-state index contributed by atoms with van der Waals surface area (Å²) in [5.41, 5.74) is 0. The molecule has 0 aromatic heterocycles. The lowest BCUT2D eigenvalue weighted by atomic mass is 10.6. The van der Waals surface area contributed by atoms with E-state index in [9.17, 15) is 0 Å². The lowest BCUT2D eigenvalue weighted by Gasteiger charge is -2.10. The van der Waals surface area contributed by atoms with Gasteiger partial charge in [-0.2, -0.15) is 0 Å². The summed E-state index contributed by atoms with van der Waals surface area (Å²) in [7, 11) is 0. The molecule has 0 N–H and O–H groups in total. The van der Waals surface area contributed by atoms with E-state index in [2.05, 4.69) is 22.6 Å². The second-order valence-electron chi connectivity index (χ2n) is 1.72. The van der Waals surface area contributed by atoms with Crippen LogP contribution in [0, 0.1) is 0 Å². The summed E-state index contributed by atoms with van der Waals surface area (Å²) in [6.07, 6.45) is 1.85. The molecule has 0 heterocycles. The number of hydrogen-bond acceptors (Lipinski definition) is 2. The van der Waals surface area contributed by atoms with Gasteiger partial charge in [0, 0.05) is 6.61 Å². The molecule has 0 saturated heterocycles. The molecule has 0 aromatic rings. The van der Waals surface area contributed by atoms with Gasteiger partial charge in [-0.15, -0.1) is 0 Å². The number of ether oxygens (including phenoxy) is 2. The first kappa shape index (κ1) is 10.4. The third kappa shape index (κ3) is 6.51. The zero-order valence-corrected chi connectivity index (χ0v) is 8.50. The highest BCUT2D eigenvalue weighted by molar-refractivity contribution is 14.1. The molecule has 1 atom stereocenters. The minimum absolute atomic E-state index is 0.0856. The van der Waals surface area contributed by atoms with Gasteiger partial charge < -0.3 is 9.47 Å². The minimum Gasteiger partial charge on any atom is -0.353 e. The summed E-state index contributed by atoms with van der Waals surface area (Å²) < 4.78 is 12.3. The van der Waals surface area contributed by atoms with Crippen LogP contribution in [-0.2, 0) is 9.47 Å². The van der Waals surface area contributed by atoms with Gasteiger partial charge in [0.15, 0.2) is 6.29 Å². The Kier molecular flexibility index (Phi) is 7.79. The highest BCUT2D eigenvalue weighted by atomic mass is 127. The highest BCUT2D eigenvalue weighted by Gasteiger charge is 1.96. The van der Waals surface area contributed by atoms with Gasteiger partial charge >= 0.3 is 0 Å². The van der Waals surface area contributed by atoms with Crippen LogP contribution in [0.25, 0.3) is 0 Å². The average Bonchev–Trinajstić information content (AvgIpc) is 1.89. The summed E-state index contributed by atoms with van der Waals surface area (Å²) in [5, 5.41) is 0. The van der Waals surface area contributed by atoms with E-state index in [4.69, 9.17) is 9.47 Å². The zero-order valence-electron chi connectivity index (χ0n) is 6.34. The van der Waals surface area contributed by atoms with Crippen molar-refractivity contribution in [3.63, 3.8) is 0 Å². The topological polar surface area (TPSA) is 18.5 Å². The van der Waals surface area contributed by atoms with Gasteiger partial charge in [-0.1, -0.05) is 28.7 Å². The molecular formula is C7H13IO2. The molecule has 0 aliphatic heterocycles. The molecule has 0 aliphatic carbocycles. The molecule has 0 aromatic carbocycles. The Labute approximate surface area is 75.7 Å². The molecule has 0 amide bonds.